The molecule has 0 amide bonds. The quantitative estimate of drug-likeness (QED) is 0.845. The van der Waals surface area contributed by atoms with E-state index in [2.05, 4.69) is 22.3 Å². The van der Waals surface area contributed by atoms with Gasteiger partial charge in [0.05, 0.1) is 0 Å². The van der Waals surface area contributed by atoms with Gasteiger partial charge in [-0.1, -0.05) is 0 Å². The van der Waals surface area contributed by atoms with Crippen molar-refractivity contribution in [1.29, 1.82) is 0 Å². The molecule has 0 atom stereocenters. The van der Waals surface area contributed by atoms with Gasteiger partial charge in [0.25, 0.3) is 0 Å². The van der Waals surface area contributed by atoms with Gasteiger partial charge in [-0.2, -0.15) is 0 Å². The standard InChI is InChI=1S/C14H20N2O2S/c1-2-13-14(18-9-8-17-13)11-12(1)19-10-7-16-5-3-15-4-6-16/h1-2,11,15H,3-10H2. The lowest BCUT2D eigenvalue weighted by molar-refractivity contribution is 0.171. The number of thioether (sulfide) groups is 1. The molecule has 0 aromatic heterocycles. The Kier molecular flexibility index (Phi) is 4.48. The first kappa shape index (κ1) is 13.1. The second-order valence-corrected chi connectivity index (χ2v) is 5.91. The van der Waals surface area contributed by atoms with Crippen LogP contribution in [0.25, 0.3) is 0 Å². The molecule has 19 heavy (non-hydrogen) atoms. The molecule has 2 aliphatic rings. The van der Waals surface area contributed by atoms with E-state index >= 15 is 0 Å². The zero-order chi connectivity index (χ0) is 12.9. The highest BCUT2D eigenvalue weighted by atomic mass is 32.2. The SMILES string of the molecule is c1cc2c(cc1SCCN1CCNCC1)OCCO2. The largest absolute Gasteiger partial charge is 0.486 e. The van der Waals surface area contributed by atoms with Gasteiger partial charge in [-0.25, -0.2) is 0 Å². The molecule has 1 saturated heterocycles. The van der Waals surface area contributed by atoms with Crippen molar-refractivity contribution in [2.24, 2.45) is 0 Å². The van der Waals surface area contributed by atoms with Gasteiger partial charge in [0.15, 0.2) is 11.5 Å². The molecule has 1 aromatic rings. The summed E-state index contributed by atoms with van der Waals surface area (Å²) in [6, 6.07) is 6.23. The molecular formula is C14H20N2O2S. The number of rotatable bonds is 4. The molecule has 1 N–H and O–H groups in total. The van der Waals surface area contributed by atoms with Gasteiger partial charge in [0.1, 0.15) is 13.2 Å². The van der Waals surface area contributed by atoms with Crippen LogP contribution in [0.3, 0.4) is 0 Å². The molecule has 0 bridgehead atoms. The van der Waals surface area contributed by atoms with Crippen molar-refractivity contribution in [2.45, 2.75) is 4.90 Å². The molecule has 2 heterocycles. The second-order valence-electron chi connectivity index (χ2n) is 4.75. The summed E-state index contributed by atoms with van der Waals surface area (Å²) in [6.45, 7) is 7.04. The molecular weight excluding hydrogens is 260 g/mol. The third kappa shape index (κ3) is 3.55. The smallest absolute Gasteiger partial charge is 0.162 e. The fourth-order valence-corrected chi connectivity index (χ4v) is 3.28. The van der Waals surface area contributed by atoms with Gasteiger partial charge >= 0.3 is 0 Å². The van der Waals surface area contributed by atoms with Crippen molar-refractivity contribution in [2.75, 3.05) is 51.7 Å². The molecule has 104 valence electrons. The van der Waals surface area contributed by atoms with E-state index < -0.39 is 0 Å². The summed E-state index contributed by atoms with van der Waals surface area (Å²) in [5.41, 5.74) is 0. The van der Waals surface area contributed by atoms with Gasteiger partial charge in [-0.15, -0.1) is 11.8 Å². The fourth-order valence-electron chi connectivity index (χ4n) is 2.34. The lowest BCUT2D eigenvalue weighted by atomic mass is 10.3. The van der Waals surface area contributed by atoms with Crippen LogP contribution in [-0.4, -0.2) is 56.6 Å². The first-order valence-electron chi connectivity index (χ1n) is 6.87. The van der Waals surface area contributed by atoms with Crippen molar-refractivity contribution in [3.8, 4) is 11.5 Å². The number of ether oxygens (including phenoxy) is 2. The minimum absolute atomic E-state index is 0.655. The summed E-state index contributed by atoms with van der Waals surface area (Å²) in [6.07, 6.45) is 0. The van der Waals surface area contributed by atoms with Crippen LogP contribution in [0.1, 0.15) is 0 Å². The molecule has 1 aromatic carbocycles. The summed E-state index contributed by atoms with van der Waals surface area (Å²) in [4.78, 5) is 3.78. The highest BCUT2D eigenvalue weighted by Crippen LogP contribution is 2.34. The number of benzene rings is 1. The van der Waals surface area contributed by atoms with E-state index in [-0.39, 0.29) is 0 Å². The minimum atomic E-state index is 0.655. The highest BCUT2D eigenvalue weighted by molar-refractivity contribution is 7.99. The minimum Gasteiger partial charge on any atom is -0.486 e. The molecule has 4 nitrogen and oxygen atoms in total. The van der Waals surface area contributed by atoms with Crippen LogP contribution >= 0.6 is 11.8 Å². The number of hydrogen-bond donors (Lipinski definition) is 1. The van der Waals surface area contributed by atoms with E-state index in [9.17, 15) is 0 Å². The Hall–Kier alpha value is -0.910. The van der Waals surface area contributed by atoms with E-state index in [4.69, 9.17) is 9.47 Å². The van der Waals surface area contributed by atoms with E-state index in [1.54, 1.807) is 0 Å². The van der Waals surface area contributed by atoms with E-state index in [0.29, 0.717) is 13.2 Å². The van der Waals surface area contributed by atoms with Crippen LogP contribution in [0.5, 0.6) is 11.5 Å². The molecule has 0 aliphatic carbocycles. The highest BCUT2D eigenvalue weighted by Gasteiger charge is 2.12. The first-order valence-corrected chi connectivity index (χ1v) is 7.86. The average Bonchev–Trinajstić information content (AvgIpc) is 2.48. The Morgan fingerprint density at radius 1 is 1.11 bits per heavy atom. The lowest BCUT2D eigenvalue weighted by Crippen LogP contribution is -2.44. The van der Waals surface area contributed by atoms with Crippen molar-refractivity contribution in [3.63, 3.8) is 0 Å². The lowest BCUT2D eigenvalue weighted by Gasteiger charge is -2.26. The molecule has 0 radical (unpaired) electrons. The zero-order valence-electron chi connectivity index (χ0n) is 11.1. The molecule has 0 saturated carbocycles. The van der Waals surface area contributed by atoms with Crippen LogP contribution in [0.4, 0.5) is 0 Å². The number of piperazine rings is 1. The Morgan fingerprint density at radius 2 is 1.89 bits per heavy atom. The van der Waals surface area contributed by atoms with Gasteiger partial charge in [-0.05, 0) is 18.2 Å². The van der Waals surface area contributed by atoms with Crippen molar-refractivity contribution in [1.82, 2.24) is 10.2 Å². The molecule has 1 fully saturated rings. The Morgan fingerprint density at radius 3 is 2.74 bits per heavy atom. The average molecular weight is 280 g/mol. The summed E-state index contributed by atoms with van der Waals surface area (Å²) < 4.78 is 11.1. The predicted molar refractivity (Wildman–Crippen MR) is 77.5 cm³/mol. The van der Waals surface area contributed by atoms with Gasteiger partial charge in [0, 0.05) is 43.4 Å². The topological polar surface area (TPSA) is 33.7 Å². The Labute approximate surface area is 118 Å². The van der Waals surface area contributed by atoms with Gasteiger partial charge < -0.3 is 14.8 Å². The van der Waals surface area contributed by atoms with Crippen LogP contribution < -0.4 is 14.8 Å². The maximum absolute atomic E-state index is 5.60. The maximum atomic E-state index is 5.60. The molecule has 3 rings (SSSR count). The Bertz CT molecular complexity index is 422. The number of nitrogens with zero attached hydrogens (tertiary/aromatic N) is 1. The summed E-state index contributed by atoms with van der Waals surface area (Å²) >= 11 is 1.89. The van der Waals surface area contributed by atoms with E-state index in [1.165, 1.54) is 18.0 Å². The zero-order valence-corrected chi connectivity index (χ0v) is 11.9. The van der Waals surface area contributed by atoms with E-state index in [0.717, 1.165) is 36.9 Å². The van der Waals surface area contributed by atoms with Gasteiger partial charge in [0.2, 0.25) is 0 Å². The second kappa shape index (κ2) is 6.50. The number of nitrogens with one attached hydrogen (secondary N) is 1. The van der Waals surface area contributed by atoms with Gasteiger partial charge in [-0.3, -0.25) is 4.90 Å². The number of fused-ring (bicyclic) bond motifs is 1. The van der Waals surface area contributed by atoms with E-state index in [1.807, 2.05) is 17.8 Å². The normalized spacial score (nSPS) is 19.4. The van der Waals surface area contributed by atoms with Crippen molar-refractivity contribution in [3.05, 3.63) is 18.2 Å². The fraction of sp³-hybridized carbons (Fsp3) is 0.571. The molecule has 2 aliphatic heterocycles. The molecule has 5 heteroatoms. The van der Waals surface area contributed by atoms with Crippen LogP contribution in [-0.2, 0) is 0 Å². The third-order valence-electron chi connectivity index (χ3n) is 3.40. The molecule has 0 spiro atoms. The summed E-state index contributed by atoms with van der Waals surface area (Å²) in [7, 11) is 0. The van der Waals surface area contributed by atoms with Crippen molar-refractivity contribution >= 4 is 11.8 Å². The van der Waals surface area contributed by atoms with Crippen LogP contribution in [0.2, 0.25) is 0 Å². The van der Waals surface area contributed by atoms with Crippen molar-refractivity contribution < 1.29 is 9.47 Å². The Balaban J connectivity index is 1.49. The molecule has 0 unspecified atom stereocenters. The van der Waals surface area contributed by atoms with Crippen LogP contribution in [0.15, 0.2) is 23.1 Å². The number of hydrogen-bond acceptors (Lipinski definition) is 5. The monoisotopic (exact) mass is 280 g/mol. The first-order chi connectivity index (χ1) is 9.42. The summed E-state index contributed by atoms with van der Waals surface area (Å²) in [5, 5.41) is 3.38. The third-order valence-corrected chi connectivity index (χ3v) is 4.37. The maximum Gasteiger partial charge on any atom is 0.162 e. The van der Waals surface area contributed by atoms with Crippen LogP contribution in [0, 0.1) is 0 Å². The predicted octanol–water partition coefficient (Wildman–Crippen LogP) is 1.46. The summed E-state index contributed by atoms with van der Waals surface area (Å²) in [5.74, 6) is 2.88.